The van der Waals surface area contributed by atoms with Gasteiger partial charge in [0.15, 0.2) is 0 Å². The fourth-order valence-electron chi connectivity index (χ4n) is 9.47. The summed E-state index contributed by atoms with van der Waals surface area (Å²) in [5, 5.41) is 29.2. The number of hydrogen-bond acceptors (Lipinski definition) is 9. The van der Waals surface area contributed by atoms with Gasteiger partial charge < -0.3 is 35.4 Å². The minimum absolute atomic E-state index is 0.0348. The van der Waals surface area contributed by atoms with E-state index in [1.807, 2.05) is 45.2 Å². The molecular weight excluding hydrogens is 689 g/mol. The van der Waals surface area contributed by atoms with Crippen molar-refractivity contribution in [2.24, 2.45) is 35.0 Å². The van der Waals surface area contributed by atoms with E-state index < -0.39 is 36.6 Å². The van der Waals surface area contributed by atoms with Crippen LogP contribution in [0.5, 0.6) is 5.75 Å². The quantitative estimate of drug-likeness (QED) is 0.200. The summed E-state index contributed by atoms with van der Waals surface area (Å²) in [6, 6.07) is 7.44. The molecule has 3 saturated carbocycles. The van der Waals surface area contributed by atoms with Crippen molar-refractivity contribution in [3.8, 4) is 16.9 Å². The van der Waals surface area contributed by atoms with Gasteiger partial charge in [0, 0.05) is 61.0 Å². The molecule has 0 spiro atoms. The van der Waals surface area contributed by atoms with E-state index in [0.29, 0.717) is 41.0 Å². The molecule has 300 valence electrons. The smallest absolute Gasteiger partial charge is 0.251 e. The second-order valence-corrected chi connectivity index (χ2v) is 17.6. The average Bonchev–Trinajstić information content (AvgIpc) is 3.47. The zero-order chi connectivity index (χ0) is 39.8. The standard InChI is InChI=1S/C42H64FN5O6/c1-23(2)14-29(20-46(7)8)44-40(51)27-15-26(16-30(17-27)47(9)10)31-12-13-34(43)32(39(31)53-11)21-48-38(37(25(4)50)36(22-49)54-48)41(52)45-35-19-28-18-33(24(35)3)42(28,5)6/h12-13,15-17,23-25,28-29,33,35-38,49-50H,14,18-22H2,1-11H3,(H,44,51)(H,45,52)/t24-,25-,28+,29-,33-,35-,36-,37+,38-/m0/s1. The summed E-state index contributed by atoms with van der Waals surface area (Å²) >= 11 is 0. The molecule has 2 aromatic rings. The number of ether oxygens (including phenoxy) is 1. The van der Waals surface area contributed by atoms with Crippen LogP contribution in [0.3, 0.4) is 0 Å². The highest BCUT2D eigenvalue weighted by molar-refractivity contribution is 5.97. The zero-order valence-electron chi connectivity index (χ0n) is 34.1. The van der Waals surface area contributed by atoms with Crippen LogP contribution < -0.4 is 20.3 Å². The third-order valence-electron chi connectivity index (χ3n) is 12.5. The molecule has 0 unspecified atom stereocenters. The Balaban J connectivity index is 1.48. The third-order valence-corrected chi connectivity index (χ3v) is 12.5. The Hall–Kier alpha value is -3.29. The number of nitrogens with zero attached hydrogens (tertiary/aromatic N) is 3. The molecule has 1 aliphatic heterocycles. The number of methoxy groups -OCH3 is 1. The van der Waals surface area contributed by atoms with Crippen LogP contribution in [0.1, 0.15) is 76.7 Å². The summed E-state index contributed by atoms with van der Waals surface area (Å²) in [4.78, 5) is 38.2. The molecule has 2 bridgehead atoms. The van der Waals surface area contributed by atoms with E-state index in [1.54, 1.807) is 19.1 Å². The monoisotopic (exact) mass is 753 g/mol. The topological polar surface area (TPSA) is 127 Å². The van der Waals surface area contributed by atoms with Crippen molar-refractivity contribution < 1.29 is 33.8 Å². The van der Waals surface area contributed by atoms with Crippen molar-refractivity contribution in [1.29, 1.82) is 0 Å². The molecule has 1 saturated heterocycles. The van der Waals surface area contributed by atoms with Crippen LogP contribution in [-0.4, -0.2) is 111 Å². The highest BCUT2D eigenvalue weighted by Gasteiger charge is 2.57. The first-order chi connectivity index (χ1) is 25.4. The number of nitrogens with one attached hydrogen (secondary N) is 2. The molecule has 2 aromatic carbocycles. The SMILES string of the molecule is COc1c(-c2cc(C(=O)N[C@@H](CC(C)C)CN(C)C)cc(N(C)C)c2)ccc(F)c1CN1O[C@@H](CO)[C@@H]([C@H](C)O)[C@H]1C(=O)N[C@H]1C[C@H]2C[C@@H]([C@@H]1C)C2(C)C. The fraction of sp³-hybridized carbons (Fsp3) is 0.667. The van der Waals surface area contributed by atoms with Gasteiger partial charge in [0.25, 0.3) is 5.91 Å². The van der Waals surface area contributed by atoms with Crippen LogP contribution in [0, 0.1) is 40.8 Å². The maximum atomic E-state index is 16.0. The summed E-state index contributed by atoms with van der Waals surface area (Å²) in [6.45, 7) is 12.7. The average molecular weight is 754 g/mol. The van der Waals surface area contributed by atoms with Crippen molar-refractivity contribution in [2.45, 2.75) is 97.7 Å². The maximum Gasteiger partial charge on any atom is 0.251 e. The molecule has 54 heavy (non-hydrogen) atoms. The molecule has 0 aromatic heterocycles. The number of benzene rings is 2. The van der Waals surface area contributed by atoms with Gasteiger partial charge in [-0.25, -0.2) is 4.39 Å². The predicted octanol–water partition coefficient (Wildman–Crippen LogP) is 4.93. The van der Waals surface area contributed by atoms with Crippen LogP contribution in [-0.2, 0) is 16.2 Å². The molecule has 4 fully saturated rings. The third kappa shape index (κ3) is 8.58. The zero-order valence-corrected chi connectivity index (χ0v) is 34.1. The number of carbonyl (C=O) groups excluding carboxylic acids is 2. The van der Waals surface area contributed by atoms with Gasteiger partial charge in [0.2, 0.25) is 5.91 Å². The van der Waals surface area contributed by atoms with Crippen molar-refractivity contribution in [2.75, 3.05) is 53.4 Å². The normalized spacial score (nSPS) is 27.4. The second-order valence-electron chi connectivity index (χ2n) is 17.6. The first-order valence-corrected chi connectivity index (χ1v) is 19.5. The van der Waals surface area contributed by atoms with E-state index in [0.717, 1.165) is 24.9 Å². The Morgan fingerprint density at radius 3 is 2.37 bits per heavy atom. The van der Waals surface area contributed by atoms with Crippen molar-refractivity contribution >= 4 is 17.5 Å². The molecular formula is C42H64FN5O6. The van der Waals surface area contributed by atoms with Crippen molar-refractivity contribution in [3.63, 3.8) is 0 Å². The van der Waals surface area contributed by atoms with Gasteiger partial charge in [-0.15, -0.1) is 0 Å². The lowest BCUT2D eigenvalue weighted by Crippen LogP contribution is -2.62. The lowest BCUT2D eigenvalue weighted by atomic mass is 9.45. The summed E-state index contributed by atoms with van der Waals surface area (Å²) in [5.41, 5.74) is 2.83. The molecule has 0 radical (unpaired) electrons. The minimum Gasteiger partial charge on any atom is -0.496 e. The Morgan fingerprint density at radius 2 is 1.81 bits per heavy atom. The maximum absolute atomic E-state index is 16.0. The molecule has 12 heteroatoms. The first-order valence-electron chi connectivity index (χ1n) is 19.5. The fourth-order valence-corrected chi connectivity index (χ4v) is 9.47. The van der Waals surface area contributed by atoms with Gasteiger partial charge in [-0.1, -0.05) is 34.6 Å². The van der Waals surface area contributed by atoms with E-state index in [2.05, 4.69) is 50.2 Å². The van der Waals surface area contributed by atoms with E-state index >= 15 is 4.39 Å². The number of hydroxylamine groups is 2. The molecule has 1 heterocycles. The Bertz CT molecular complexity index is 1640. The molecule has 11 nitrogen and oxygen atoms in total. The summed E-state index contributed by atoms with van der Waals surface area (Å²) in [6.07, 6.45) is 0.989. The predicted molar refractivity (Wildman–Crippen MR) is 210 cm³/mol. The van der Waals surface area contributed by atoms with Crippen LogP contribution >= 0.6 is 0 Å². The van der Waals surface area contributed by atoms with E-state index in [-0.39, 0.29) is 53.1 Å². The van der Waals surface area contributed by atoms with E-state index in [4.69, 9.17) is 9.57 Å². The Morgan fingerprint density at radius 1 is 1.11 bits per heavy atom. The van der Waals surface area contributed by atoms with Crippen LogP contribution in [0.2, 0.25) is 0 Å². The van der Waals surface area contributed by atoms with Gasteiger partial charge in [0.1, 0.15) is 23.7 Å². The minimum atomic E-state index is -0.998. The molecule has 4 N–H and O–H groups in total. The molecule has 2 amide bonds. The summed E-state index contributed by atoms with van der Waals surface area (Å²) < 4.78 is 22.0. The number of aliphatic hydroxyl groups excluding tert-OH is 2. The Labute approximate surface area is 321 Å². The molecule has 9 atom stereocenters. The van der Waals surface area contributed by atoms with Crippen molar-refractivity contribution in [3.05, 3.63) is 47.3 Å². The van der Waals surface area contributed by atoms with Crippen LogP contribution in [0.25, 0.3) is 11.1 Å². The number of hydrogen-bond donors (Lipinski definition) is 4. The van der Waals surface area contributed by atoms with E-state index in [1.165, 1.54) is 18.2 Å². The van der Waals surface area contributed by atoms with Crippen LogP contribution in [0.15, 0.2) is 30.3 Å². The van der Waals surface area contributed by atoms with Crippen LogP contribution in [0.4, 0.5) is 10.1 Å². The lowest BCUT2D eigenvalue weighted by molar-refractivity contribution is -0.183. The largest absolute Gasteiger partial charge is 0.496 e. The Kier molecular flexibility index (Phi) is 13.0. The van der Waals surface area contributed by atoms with Gasteiger partial charge in [0.05, 0.1) is 26.4 Å². The van der Waals surface area contributed by atoms with Gasteiger partial charge >= 0.3 is 0 Å². The second kappa shape index (κ2) is 16.8. The molecule has 3 aliphatic carbocycles. The first kappa shape index (κ1) is 41.9. The summed E-state index contributed by atoms with van der Waals surface area (Å²) in [7, 11) is 9.22. The molecule has 4 aliphatic rings. The lowest BCUT2D eigenvalue weighted by Gasteiger charge is -2.62. The van der Waals surface area contributed by atoms with Gasteiger partial charge in [-0.05, 0) is 105 Å². The number of amides is 2. The number of fused-ring (bicyclic) bond motifs is 2. The summed E-state index contributed by atoms with van der Waals surface area (Å²) in [5.74, 6) is 0.0773. The number of aliphatic hydroxyl groups is 2. The van der Waals surface area contributed by atoms with Crippen molar-refractivity contribution in [1.82, 2.24) is 20.6 Å². The number of carbonyl (C=O) groups is 2. The van der Waals surface area contributed by atoms with E-state index in [9.17, 15) is 19.8 Å². The number of halogens is 1. The number of anilines is 1. The highest BCUT2D eigenvalue weighted by Crippen LogP contribution is 2.61. The highest BCUT2D eigenvalue weighted by atomic mass is 19.1. The molecule has 6 rings (SSSR count). The number of likely N-dealkylation sites (N-methyl/N-ethyl adjacent to an activating group) is 1. The van der Waals surface area contributed by atoms with Gasteiger partial charge in [-0.3, -0.25) is 14.4 Å². The van der Waals surface area contributed by atoms with Gasteiger partial charge in [-0.2, -0.15) is 5.06 Å². The number of rotatable bonds is 15.